The monoisotopic (exact) mass is 427 g/mol. The quantitative estimate of drug-likeness (QED) is 0.712. The van der Waals surface area contributed by atoms with Gasteiger partial charge in [-0.1, -0.05) is 0 Å². The Morgan fingerprint density at radius 1 is 1.20 bits per heavy atom. The SMILES string of the molecule is COc1cc([C@@H](N)C(F)(F)C(F)(F)F)c(Br)c(Br)c1O. The minimum atomic E-state index is -5.80. The van der Waals surface area contributed by atoms with Gasteiger partial charge in [0.2, 0.25) is 0 Å². The molecule has 3 nitrogen and oxygen atoms in total. The molecule has 0 bridgehead atoms. The van der Waals surface area contributed by atoms with E-state index in [-0.39, 0.29) is 14.7 Å². The van der Waals surface area contributed by atoms with Crippen LogP contribution in [0.4, 0.5) is 22.0 Å². The van der Waals surface area contributed by atoms with E-state index < -0.39 is 29.5 Å². The van der Waals surface area contributed by atoms with Crippen LogP contribution in [-0.4, -0.2) is 24.3 Å². The van der Waals surface area contributed by atoms with E-state index in [4.69, 9.17) is 5.73 Å². The Hall–Kier alpha value is -0.610. The number of alkyl halides is 5. The first-order chi connectivity index (χ1) is 8.95. The fraction of sp³-hybridized carbons (Fsp3) is 0.400. The summed E-state index contributed by atoms with van der Waals surface area (Å²) in [6, 6.07) is -1.85. The van der Waals surface area contributed by atoms with Crippen LogP contribution in [0, 0.1) is 0 Å². The molecule has 1 aromatic carbocycles. The normalized spacial score (nSPS) is 14.2. The summed E-state index contributed by atoms with van der Waals surface area (Å²) < 4.78 is 67.8. The summed E-state index contributed by atoms with van der Waals surface area (Å²) in [6.07, 6.45) is -5.80. The molecule has 0 aromatic heterocycles. The van der Waals surface area contributed by atoms with Crippen molar-refractivity contribution in [1.82, 2.24) is 0 Å². The lowest BCUT2D eigenvalue weighted by Crippen LogP contribution is -2.46. The van der Waals surface area contributed by atoms with E-state index in [2.05, 4.69) is 36.6 Å². The third-order valence-electron chi connectivity index (χ3n) is 2.50. The molecular formula is C10H8Br2F5NO2. The van der Waals surface area contributed by atoms with Crippen LogP contribution in [0.1, 0.15) is 11.6 Å². The van der Waals surface area contributed by atoms with Gasteiger partial charge in [0.1, 0.15) is 6.04 Å². The van der Waals surface area contributed by atoms with E-state index in [0.29, 0.717) is 0 Å². The molecule has 0 spiro atoms. The molecule has 114 valence electrons. The molecule has 0 unspecified atom stereocenters. The number of hydrogen-bond donors (Lipinski definition) is 2. The molecule has 0 aliphatic rings. The molecule has 3 N–H and O–H groups in total. The van der Waals surface area contributed by atoms with E-state index in [1.165, 1.54) is 0 Å². The predicted octanol–water partition coefficient (Wildman–Crippen LogP) is 4.12. The topological polar surface area (TPSA) is 55.5 Å². The van der Waals surface area contributed by atoms with Crippen LogP contribution in [0.2, 0.25) is 0 Å². The molecule has 1 rings (SSSR count). The van der Waals surface area contributed by atoms with E-state index in [1.807, 2.05) is 0 Å². The molecule has 0 aliphatic carbocycles. The van der Waals surface area contributed by atoms with E-state index in [0.717, 1.165) is 13.2 Å². The van der Waals surface area contributed by atoms with Crippen LogP contribution in [0.15, 0.2) is 15.0 Å². The third-order valence-corrected chi connectivity index (χ3v) is 4.66. The summed E-state index contributed by atoms with van der Waals surface area (Å²) in [5.41, 5.74) is 4.48. The Labute approximate surface area is 127 Å². The summed E-state index contributed by atoms with van der Waals surface area (Å²) in [7, 11) is 1.12. The van der Waals surface area contributed by atoms with Gasteiger partial charge in [-0.05, 0) is 43.5 Å². The number of phenolic OH excluding ortho intramolecular Hbond substituents is 1. The number of aromatic hydroxyl groups is 1. The second-order valence-electron chi connectivity index (χ2n) is 3.74. The summed E-state index contributed by atoms with van der Waals surface area (Å²) in [5, 5.41) is 9.59. The highest BCUT2D eigenvalue weighted by Gasteiger charge is 2.62. The summed E-state index contributed by atoms with van der Waals surface area (Å²) in [5.74, 6) is -5.88. The van der Waals surface area contributed by atoms with Gasteiger partial charge in [-0.2, -0.15) is 22.0 Å². The first-order valence-corrected chi connectivity index (χ1v) is 6.48. The van der Waals surface area contributed by atoms with Gasteiger partial charge in [-0.25, -0.2) is 0 Å². The van der Waals surface area contributed by atoms with E-state index in [1.54, 1.807) is 0 Å². The van der Waals surface area contributed by atoms with Crippen LogP contribution < -0.4 is 10.5 Å². The van der Waals surface area contributed by atoms with Crippen molar-refractivity contribution in [3.05, 3.63) is 20.6 Å². The zero-order chi connectivity index (χ0) is 15.9. The van der Waals surface area contributed by atoms with Gasteiger partial charge >= 0.3 is 12.1 Å². The van der Waals surface area contributed by atoms with Crippen molar-refractivity contribution in [2.45, 2.75) is 18.1 Å². The number of hydrogen-bond acceptors (Lipinski definition) is 3. The number of methoxy groups -OCH3 is 1. The van der Waals surface area contributed by atoms with Gasteiger partial charge in [-0.3, -0.25) is 0 Å². The fourth-order valence-corrected chi connectivity index (χ4v) is 2.34. The number of nitrogens with two attached hydrogens (primary N) is 1. The van der Waals surface area contributed by atoms with Crippen molar-refractivity contribution < 1.29 is 31.8 Å². The van der Waals surface area contributed by atoms with Crippen molar-refractivity contribution in [1.29, 1.82) is 0 Å². The number of ether oxygens (including phenoxy) is 1. The number of halogens is 7. The lowest BCUT2D eigenvalue weighted by atomic mass is 10.0. The van der Waals surface area contributed by atoms with Crippen LogP contribution in [-0.2, 0) is 0 Å². The number of rotatable bonds is 3. The van der Waals surface area contributed by atoms with E-state index in [9.17, 15) is 27.1 Å². The van der Waals surface area contributed by atoms with E-state index >= 15 is 0 Å². The van der Waals surface area contributed by atoms with Crippen LogP contribution in [0.3, 0.4) is 0 Å². The maximum Gasteiger partial charge on any atom is 0.455 e. The maximum atomic E-state index is 13.3. The second-order valence-corrected chi connectivity index (χ2v) is 5.33. The zero-order valence-corrected chi connectivity index (χ0v) is 12.9. The first-order valence-electron chi connectivity index (χ1n) is 4.90. The van der Waals surface area contributed by atoms with Gasteiger partial charge < -0.3 is 15.6 Å². The average Bonchev–Trinajstić information content (AvgIpc) is 2.34. The lowest BCUT2D eigenvalue weighted by molar-refractivity contribution is -0.291. The molecule has 10 heteroatoms. The van der Waals surface area contributed by atoms with Crippen LogP contribution >= 0.6 is 31.9 Å². The summed E-state index contributed by atoms with van der Waals surface area (Å²) in [4.78, 5) is 0. The predicted molar refractivity (Wildman–Crippen MR) is 68.0 cm³/mol. The minimum Gasteiger partial charge on any atom is -0.503 e. The largest absolute Gasteiger partial charge is 0.503 e. The molecule has 0 fully saturated rings. The molecule has 1 atom stereocenters. The number of phenols is 1. The fourth-order valence-electron chi connectivity index (χ4n) is 1.37. The summed E-state index contributed by atoms with van der Waals surface area (Å²) in [6.45, 7) is 0. The molecule has 1 aromatic rings. The highest BCUT2D eigenvalue weighted by molar-refractivity contribution is 9.13. The van der Waals surface area contributed by atoms with Gasteiger partial charge in [-0.15, -0.1) is 0 Å². The molecular weight excluding hydrogens is 421 g/mol. The zero-order valence-electron chi connectivity index (χ0n) is 9.73. The van der Waals surface area contributed by atoms with Crippen molar-refractivity contribution in [3.63, 3.8) is 0 Å². The van der Waals surface area contributed by atoms with Crippen molar-refractivity contribution in [3.8, 4) is 11.5 Å². The Morgan fingerprint density at radius 3 is 2.10 bits per heavy atom. The van der Waals surface area contributed by atoms with Gasteiger partial charge in [0.05, 0.1) is 11.6 Å². The molecule has 0 saturated carbocycles. The van der Waals surface area contributed by atoms with Gasteiger partial charge in [0.25, 0.3) is 0 Å². The van der Waals surface area contributed by atoms with Crippen LogP contribution in [0.25, 0.3) is 0 Å². The highest BCUT2D eigenvalue weighted by Crippen LogP contribution is 2.49. The molecule has 0 saturated heterocycles. The first kappa shape index (κ1) is 17.4. The Morgan fingerprint density at radius 2 is 1.70 bits per heavy atom. The van der Waals surface area contributed by atoms with Crippen LogP contribution in [0.5, 0.6) is 11.5 Å². The summed E-state index contributed by atoms with van der Waals surface area (Å²) >= 11 is 5.66. The van der Waals surface area contributed by atoms with Gasteiger partial charge in [0, 0.05) is 4.47 Å². The minimum absolute atomic E-state index is 0.139. The van der Waals surface area contributed by atoms with Gasteiger partial charge in [0.15, 0.2) is 11.5 Å². The van der Waals surface area contributed by atoms with Crippen molar-refractivity contribution in [2.24, 2.45) is 5.73 Å². The Bertz CT molecular complexity index is 521. The molecule has 0 amide bonds. The Kier molecular flexibility index (Phi) is 4.92. The average molecular weight is 429 g/mol. The molecule has 0 aliphatic heterocycles. The smallest absolute Gasteiger partial charge is 0.455 e. The highest BCUT2D eigenvalue weighted by atomic mass is 79.9. The number of benzene rings is 1. The Balaban J connectivity index is 3.44. The van der Waals surface area contributed by atoms with Crippen molar-refractivity contribution in [2.75, 3.05) is 7.11 Å². The van der Waals surface area contributed by atoms with Crippen molar-refractivity contribution >= 4 is 31.9 Å². The maximum absolute atomic E-state index is 13.3. The lowest BCUT2D eigenvalue weighted by Gasteiger charge is -2.27. The molecule has 0 radical (unpaired) electrons. The standard InChI is InChI=1S/C10H8Br2F5NO2/c1-20-4-2-3(5(11)6(12)7(4)19)8(18)9(13,14)10(15,16)17/h2,8,19H,18H2,1H3/t8-/m1/s1. The molecule has 0 heterocycles. The third kappa shape index (κ3) is 2.86. The second kappa shape index (κ2) is 5.64. The molecule has 20 heavy (non-hydrogen) atoms.